The molecule has 1 aliphatic carbocycles. The Morgan fingerprint density at radius 3 is 2.73 bits per heavy atom. The van der Waals surface area contributed by atoms with Gasteiger partial charge < -0.3 is 15.0 Å². The molecule has 0 bridgehead atoms. The van der Waals surface area contributed by atoms with Crippen molar-refractivity contribution in [1.29, 1.82) is 0 Å². The first kappa shape index (κ1) is 12.7. The Morgan fingerprint density at radius 2 is 2.13 bits per heavy atom. The molecule has 3 nitrogen and oxygen atoms in total. The highest BCUT2D eigenvalue weighted by Gasteiger charge is 2.16. The lowest BCUT2D eigenvalue weighted by Gasteiger charge is -2.23. The fourth-order valence-corrected chi connectivity index (χ4v) is 2.06. The molecular weight excluding hydrogens is 208 g/mol. The first-order valence-corrected chi connectivity index (χ1v) is 6.24. The molecule has 1 N–H and O–H groups in total. The zero-order chi connectivity index (χ0) is 11.1. The van der Waals surface area contributed by atoms with Gasteiger partial charge >= 0.3 is 0 Å². The number of hydrogen-bond acceptors (Lipinski definition) is 2. The van der Waals surface area contributed by atoms with Gasteiger partial charge in [-0.3, -0.25) is 0 Å². The van der Waals surface area contributed by atoms with Crippen molar-refractivity contribution in [3.63, 3.8) is 0 Å². The first-order valence-electron chi connectivity index (χ1n) is 5.83. The van der Waals surface area contributed by atoms with Crippen molar-refractivity contribution >= 4 is 17.3 Å². The highest BCUT2D eigenvalue weighted by Crippen LogP contribution is 2.17. The Labute approximate surface area is 98.2 Å². The molecule has 0 amide bonds. The molecule has 1 fully saturated rings. The molecular formula is C11H22N2OS. The molecule has 0 unspecified atom stereocenters. The molecule has 15 heavy (non-hydrogen) atoms. The van der Waals surface area contributed by atoms with E-state index in [2.05, 4.69) is 10.2 Å². The maximum absolute atomic E-state index is 5.32. The van der Waals surface area contributed by atoms with Crippen LogP contribution in [0.4, 0.5) is 0 Å². The average molecular weight is 230 g/mol. The Kier molecular flexibility index (Phi) is 5.95. The van der Waals surface area contributed by atoms with E-state index in [9.17, 15) is 0 Å². The number of rotatable bonds is 5. The van der Waals surface area contributed by atoms with Crippen molar-refractivity contribution in [3.05, 3.63) is 0 Å². The monoisotopic (exact) mass is 230 g/mol. The molecule has 0 atom stereocenters. The van der Waals surface area contributed by atoms with Crippen LogP contribution in [-0.4, -0.2) is 42.9 Å². The summed E-state index contributed by atoms with van der Waals surface area (Å²) in [6, 6.07) is 0.604. The minimum atomic E-state index is 0.604. The third kappa shape index (κ3) is 4.80. The van der Waals surface area contributed by atoms with Gasteiger partial charge in [0.1, 0.15) is 0 Å². The summed E-state index contributed by atoms with van der Waals surface area (Å²) in [5.74, 6) is 0. The number of nitrogens with one attached hydrogen (secondary N) is 1. The minimum Gasteiger partial charge on any atom is -0.380 e. The molecule has 0 aromatic carbocycles. The van der Waals surface area contributed by atoms with Crippen LogP contribution in [0.2, 0.25) is 0 Å². The molecule has 0 spiro atoms. The Bertz CT molecular complexity index is 193. The van der Waals surface area contributed by atoms with E-state index >= 15 is 0 Å². The molecule has 0 aliphatic heterocycles. The van der Waals surface area contributed by atoms with Crippen LogP contribution in [0.3, 0.4) is 0 Å². The van der Waals surface area contributed by atoms with E-state index in [-0.39, 0.29) is 0 Å². The summed E-state index contributed by atoms with van der Waals surface area (Å²) in [5, 5.41) is 4.27. The lowest BCUT2D eigenvalue weighted by Crippen LogP contribution is -2.43. The Balaban J connectivity index is 2.14. The molecule has 0 radical (unpaired) electrons. The number of nitrogens with zero attached hydrogens (tertiary/aromatic N) is 1. The molecule has 0 saturated heterocycles. The number of hydrogen-bond donors (Lipinski definition) is 1. The fraction of sp³-hybridized carbons (Fsp3) is 0.909. The molecule has 0 aromatic heterocycles. The zero-order valence-electron chi connectivity index (χ0n) is 9.79. The summed E-state index contributed by atoms with van der Waals surface area (Å²) < 4.78 is 5.30. The molecule has 0 heterocycles. The van der Waals surface area contributed by atoms with Crippen LogP contribution in [0.15, 0.2) is 0 Å². The van der Waals surface area contributed by atoms with E-state index in [0.29, 0.717) is 6.04 Å². The Morgan fingerprint density at radius 1 is 1.47 bits per heavy atom. The minimum absolute atomic E-state index is 0.604. The lowest BCUT2D eigenvalue weighted by molar-refractivity contribution is 0.136. The zero-order valence-corrected chi connectivity index (χ0v) is 10.6. The first-order chi connectivity index (χ1) is 7.24. The van der Waals surface area contributed by atoms with Gasteiger partial charge in [0.25, 0.3) is 0 Å². The number of ether oxygens (including phenoxy) is 1. The second kappa shape index (κ2) is 7.01. The van der Waals surface area contributed by atoms with E-state index in [0.717, 1.165) is 24.9 Å². The largest absolute Gasteiger partial charge is 0.380 e. The topological polar surface area (TPSA) is 24.5 Å². The number of likely N-dealkylation sites (N-methyl/N-ethyl adjacent to an activating group) is 1. The predicted molar refractivity (Wildman–Crippen MR) is 67.1 cm³/mol. The van der Waals surface area contributed by atoms with Gasteiger partial charge in [0, 0.05) is 26.2 Å². The second-order valence-corrected chi connectivity index (χ2v) is 4.44. The highest BCUT2D eigenvalue weighted by molar-refractivity contribution is 7.80. The molecule has 1 aliphatic rings. The summed E-state index contributed by atoms with van der Waals surface area (Å²) in [5.41, 5.74) is 0. The van der Waals surface area contributed by atoms with Crippen molar-refractivity contribution in [2.45, 2.75) is 38.6 Å². The molecule has 88 valence electrons. The number of thiocarbonyl (C=S) groups is 1. The Hall–Kier alpha value is -0.350. The molecule has 0 aromatic rings. The molecule has 1 rings (SSSR count). The normalized spacial score (nSPS) is 16.7. The predicted octanol–water partition coefficient (Wildman–Crippen LogP) is 1.77. The SMILES string of the molecule is CCOCCN(C)C(=S)NC1CCCC1. The summed E-state index contributed by atoms with van der Waals surface area (Å²) >= 11 is 5.32. The maximum Gasteiger partial charge on any atom is 0.168 e. The third-order valence-electron chi connectivity index (χ3n) is 2.80. The fourth-order valence-electron chi connectivity index (χ4n) is 1.80. The van der Waals surface area contributed by atoms with Crippen LogP contribution in [0.25, 0.3) is 0 Å². The van der Waals surface area contributed by atoms with Crippen LogP contribution < -0.4 is 5.32 Å². The second-order valence-electron chi connectivity index (χ2n) is 4.05. The molecule has 1 saturated carbocycles. The van der Waals surface area contributed by atoms with Gasteiger partial charge in [-0.2, -0.15) is 0 Å². The van der Waals surface area contributed by atoms with Gasteiger partial charge in [0.05, 0.1) is 6.61 Å². The van der Waals surface area contributed by atoms with E-state index in [1.807, 2.05) is 14.0 Å². The molecule has 4 heteroatoms. The summed E-state index contributed by atoms with van der Waals surface area (Å²) in [6.45, 7) is 4.40. The van der Waals surface area contributed by atoms with Gasteiger partial charge in [0.2, 0.25) is 0 Å². The van der Waals surface area contributed by atoms with Crippen LogP contribution in [-0.2, 0) is 4.74 Å². The van der Waals surface area contributed by atoms with Crippen molar-refractivity contribution in [1.82, 2.24) is 10.2 Å². The van der Waals surface area contributed by atoms with Gasteiger partial charge in [-0.15, -0.1) is 0 Å². The van der Waals surface area contributed by atoms with Gasteiger partial charge in [-0.1, -0.05) is 12.8 Å². The van der Waals surface area contributed by atoms with Crippen LogP contribution >= 0.6 is 12.2 Å². The van der Waals surface area contributed by atoms with Crippen molar-refractivity contribution < 1.29 is 4.74 Å². The van der Waals surface area contributed by atoms with E-state index < -0.39 is 0 Å². The lowest BCUT2D eigenvalue weighted by atomic mass is 10.2. The van der Waals surface area contributed by atoms with Crippen LogP contribution in [0.1, 0.15) is 32.6 Å². The van der Waals surface area contributed by atoms with E-state index in [1.54, 1.807) is 0 Å². The van der Waals surface area contributed by atoms with E-state index in [1.165, 1.54) is 25.7 Å². The maximum atomic E-state index is 5.32. The van der Waals surface area contributed by atoms with Gasteiger partial charge in [-0.05, 0) is 32.0 Å². The van der Waals surface area contributed by atoms with Gasteiger partial charge in [0.15, 0.2) is 5.11 Å². The summed E-state index contributed by atoms with van der Waals surface area (Å²) in [6.07, 6.45) is 5.20. The standard InChI is InChI=1S/C11H22N2OS/c1-3-14-9-8-13(2)11(15)12-10-6-4-5-7-10/h10H,3-9H2,1-2H3,(H,12,15). The smallest absolute Gasteiger partial charge is 0.168 e. The highest BCUT2D eigenvalue weighted by atomic mass is 32.1. The quantitative estimate of drug-likeness (QED) is 0.575. The average Bonchev–Trinajstić information content (AvgIpc) is 2.70. The summed E-state index contributed by atoms with van der Waals surface area (Å²) in [4.78, 5) is 2.06. The van der Waals surface area contributed by atoms with E-state index in [4.69, 9.17) is 17.0 Å². The van der Waals surface area contributed by atoms with Crippen LogP contribution in [0.5, 0.6) is 0 Å². The van der Waals surface area contributed by atoms with Crippen molar-refractivity contribution in [3.8, 4) is 0 Å². The summed E-state index contributed by atoms with van der Waals surface area (Å²) in [7, 11) is 2.02. The van der Waals surface area contributed by atoms with Gasteiger partial charge in [-0.25, -0.2) is 0 Å². The van der Waals surface area contributed by atoms with Crippen molar-refractivity contribution in [2.24, 2.45) is 0 Å². The van der Waals surface area contributed by atoms with Crippen LogP contribution in [0, 0.1) is 0 Å². The van der Waals surface area contributed by atoms with Crippen molar-refractivity contribution in [2.75, 3.05) is 26.8 Å². The third-order valence-corrected chi connectivity index (χ3v) is 3.23.